The van der Waals surface area contributed by atoms with Gasteiger partial charge in [-0.05, 0) is 25.1 Å². The number of carbonyl (C=O) groups is 2. The van der Waals surface area contributed by atoms with Crippen LogP contribution in [0, 0.1) is 0 Å². The van der Waals surface area contributed by atoms with Crippen molar-refractivity contribution in [3.63, 3.8) is 0 Å². The van der Waals surface area contributed by atoms with Gasteiger partial charge in [-0.2, -0.15) is 0 Å². The maximum Gasteiger partial charge on any atom is 0.335 e. The summed E-state index contributed by atoms with van der Waals surface area (Å²) in [5.41, 5.74) is -0.231. The van der Waals surface area contributed by atoms with Gasteiger partial charge in [0.1, 0.15) is 10.6 Å². The summed E-state index contributed by atoms with van der Waals surface area (Å²) < 4.78 is 28.1. The fourth-order valence-corrected chi connectivity index (χ4v) is 2.49. The normalized spacial score (nSPS) is 11.0. The van der Waals surface area contributed by atoms with E-state index in [-0.39, 0.29) is 30.2 Å². The molecule has 0 heterocycles. The molecule has 1 rings (SSSR count). The van der Waals surface area contributed by atoms with E-state index < -0.39 is 19.9 Å². The Labute approximate surface area is 126 Å². The molecule has 0 saturated carbocycles. The van der Waals surface area contributed by atoms with Crippen LogP contribution < -0.4 is 10.1 Å². The van der Waals surface area contributed by atoms with Gasteiger partial charge < -0.3 is 15.2 Å². The van der Waals surface area contributed by atoms with Crippen LogP contribution in [0.3, 0.4) is 0 Å². The van der Waals surface area contributed by atoms with Crippen LogP contribution in [0.15, 0.2) is 23.1 Å². The van der Waals surface area contributed by atoms with Gasteiger partial charge in [0.25, 0.3) is 9.05 Å². The Morgan fingerprint density at radius 1 is 1.38 bits per heavy atom. The summed E-state index contributed by atoms with van der Waals surface area (Å²) in [6, 6.07) is 3.29. The Balaban J connectivity index is 2.92. The van der Waals surface area contributed by atoms with Gasteiger partial charge >= 0.3 is 5.97 Å². The first-order chi connectivity index (χ1) is 9.75. The summed E-state index contributed by atoms with van der Waals surface area (Å²) in [6.45, 7) is 2.19. The molecule has 0 aromatic heterocycles. The second kappa shape index (κ2) is 7.28. The minimum absolute atomic E-state index is 0.0380. The third-order valence-electron chi connectivity index (χ3n) is 2.41. The number of ether oxygens (including phenoxy) is 1. The van der Waals surface area contributed by atoms with Crippen LogP contribution in [0.2, 0.25) is 0 Å². The number of carbonyl (C=O) groups excluding carboxylic acids is 1. The molecule has 1 aromatic carbocycles. The summed E-state index contributed by atoms with van der Waals surface area (Å²) in [5, 5.41) is 11.4. The molecule has 0 aliphatic heterocycles. The van der Waals surface area contributed by atoms with Gasteiger partial charge in [-0.15, -0.1) is 0 Å². The van der Waals surface area contributed by atoms with E-state index >= 15 is 0 Å². The lowest BCUT2D eigenvalue weighted by Crippen LogP contribution is -2.24. The maximum atomic E-state index is 11.4. The van der Waals surface area contributed by atoms with Crippen LogP contribution in [0.25, 0.3) is 0 Å². The molecule has 0 unspecified atom stereocenters. The molecular weight excluding hydrogens is 322 g/mol. The highest BCUT2D eigenvalue weighted by atomic mass is 35.7. The molecule has 0 saturated heterocycles. The van der Waals surface area contributed by atoms with Gasteiger partial charge in [-0.3, -0.25) is 4.79 Å². The minimum Gasteiger partial charge on any atom is -0.492 e. The largest absolute Gasteiger partial charge is 0.492 e. The number of hydrogen-bond acceptors (Lipinski definition) is 5. The molecule has 0 aliphatic carbocycles. The van der Waals surface area contributed by atoms with E-state index in [2.05, 4.69) is 5.32 Å². The predicted molar refractivity (Wildman–Crippen MR) is 75.2 cm³/mol. The lowest BCUT2D eigenvalue weighted by atomic mass is 10.2. The molecule has 2 N–H and O–H groups in total. The number of carboxylic acid groups (broad SMARTS) is 1. The van der Waals surface area contributed by atoms with Crippen molar-refractivity contribution < 1.29 is 27.9 Å². The molecule has 0 radical (unpaired) electrons. The van der Waals surface area contributed by atoms with Crippen LogP contribution >= 0.6 is 10.7 Å². The van der Waals surface area contributed by atoms with E-state index in [9.17, 15) is 18.0 Å². The Bertz CT molecular complexity index is 643. The Hall–Kier alpha value is -1.80. The Morgan fingerprint density at radius 3 is 2.57 bits per heavy atom. The molecule has 21 heavy (non-hydrogen) atoms. The summed E-state index contributed by atoms with van der Waals surface area (Å²) in [7, 11) is 1.08. The number of nitrogens with one attached hydrogen (secondary N) is 1. The summed E-state index contributed by atoms with van der Waals surface area (Å²) >= 11 is 0. The highest BCUT2D eigenvalue weighted by molar-refractivity contribution is 8.13. The molecule has 1 amide bonds. The van der Waals surface area contributed by atoms with Gasteiger partial charge in [0.15, 0.2) is 0 Å². The van der Waals surface area contributed by atoms with Crippen LogP contribution in [0.4, 0.5) is 0 Å². The molecule has 0 fully saturated rings. The highest BCUT2D eigenvalue weighted by Gasteiger charge is 2.19. The van der Waals surface area contributed by atoms with Crippen LogP contribution in [-0.4, -0.2) is 38.6 Å². The van der Waals surface area contributed by atoms with E-state index in [4.69, 9.17) is 20.5 Å². The monoisotopic (exact) mass is 335 g/mol. The van der Waals surface area contributed by atoms with Crippen molar-refractivity contribution in [2.24, 2.45) is 0 Å². The van der Waals surface area contributed by atoms with Gasteiger partial charge in [0.2, 0.25) is 5.91 Å². The van der Waals surface area contributed by atoms with Crippen LogP contribution in [0.1, 0.15) is 23.7 Å². The number of amides is 1. The second-order valence-corrected chi connectivity index (χ2v) is 6.49. The summed E-state index contributed by atoms with van der Waals surface area (Å²) in [4.78, 5) is 21.6. The fraction of sp³-hybridized carbons (Fsp3) is 0.333. The topological polar surface area (TPSA) is 110 Å². The molecule has 0 aliphatic rings. The predicted octanol–water partition coefficient (Wildman–Crippen LogP) is 1.22. The second-order valence-electron chi connectivity index (χ2n) is 3.96. The quantitative estimate of drug-likeness (QED) is 0.725. The number of carboxylic acids is 1. The first-order valence-corrected chi connectivity index (χ1v) is 8.28. The van der Waals surface area contributed by atoms with Crippen LogP contribution in [0.5, 0.6) is 5.75 Å². The van der Waals surface area contributed by atoms with Crippen LogP contribution in [-0.2, 0) is 13.8 Å². The lowest BCUT2D eigenvalue weighted by Gasteiger charge is -2.10. The van der Waals surface area contributed by atoms with Crippen molar-refractivity contribution in [2.75, 3.05) is 13.2 Å². The SMILES string of the molecule is CCNC(=O)CCOc1ccc(C(=O)O)cc1S(=O)(=O)Cl. The average Bonchev–Trinajstić information content (AvgIpc) is 2.37. The third kappa shape index (κ3) is 5.24. The first kappa shape index (κ1) is 17.3. The van der Waals surface area contributed by atoms with Crippen molar-refractivity contribution in [3.05, 3.63) is 23.8 Å². The zero-order valence-corrected chi connectivity index (χ0v) is 12.7. The molecule has 9 heteroatoms. The highest BCUT2D eigenvalue weighted by Crippen LogP contribution is 2.28. The smallest absolute Gasteiger partial charge is 0.335 e. The summed E-state index contributed by atoms with van der Waals surface area (Å²) in [6.07, 6.45) is 0.0380. The van der Waals surface area contributed by atoms with Crippen molar-refractivity contribution in [1.82, 2.24) is 5.32 Å². The van der Waals surface area contributed by atoms with Crippen molar-refractivity contribution in [1.29, 1.82) is 0 Å². The van der Waals surface area contributed by atoms with Crippen molar-refractivity contribution in [3.8, 4) is 5.75 Å². The molecule has 1 aromatic rings. The number of aromatic carboxylic acids is 1. The first-order valence-electron chi connectivity index (χ1n) is 5.97. The number of halogens is 1. The van der Waals surface area contributed by atoms with Gasteiger partial charge in [-0.25, -0.2) is 13.2 Å². The molecule has 0 spiro atoms. The van der Waals surface area contributed by atoms with Gasteiger partial charge in [0, 0.05) is 17.2 Å². The standard InChI is InChI=1S/C12H14ClNO6S/c1-2-14-11(15)5-6-20-9-4-3-8(12(16)17)7-10(9)21(13,18)19/h3-4,7H,2,5-6H2,1H3,(H,14,15)(H,16,17). The zero-order valence-electron chi connectivity index (χ0n) is 11.1. The lowest BCUT2D eigenvalue weighted by molar-refractivity contribution is -0.121. The van der Waals surface area contributed by atoms with E-state index in [0.29, 0.717) is 6.54 Å². The minimum atomic E-state index is -4.17. The maximum absolute atomic E-state index is 11.4. The van der Waals surface area contributed by atoms with Crippen molar-refractivity contribution >= 4 is 31.6 Å². The van der Waals surface area contributed by atoms with Gasteiger partial charge in [-0.1, -0.05) is 0 Å². The number of hydrogen-bond donors (Lipinski definition) is 2. The van der Waals surface area contributed by atoms with E-state index in [1.165, 1.54) is 12.1 Å². The Morgan fingerprint density at radius 2 is 2.05 bits per heavy atom. The third-order valence-corrected chi connectivity index (χ3v) is 3.76. The fourth-order valence-electron chi connectivity index (χ4n) is 1.49. The molecule has 0 atom stereocenters. The van der Waals surface area contributed by atoms with Gasteiger partial charge in [0.05, 0.1) is 18.6 Å². The van der Waals surface area contributed by atoms with E-state index in [0.717, 1.165) is 6.07 Å². The molecular formula is C12H14ClNO6S. The molecule has 116 valence electrons. The number of rotatable bonds is 7. The number of benzene rings is 1. The van der Waals surface area contributed by atoms with Crippen molar-refractivity contribution in [2.45, 2.75) is 18.2 Å². The van der Waals surface area contributed by atoms with E-state index in [1.54, 1.807) is 6.92 Å². The average molecular weight is 336 g/mol. The summed E-state index contributed by atoms with van der Waals surface area (Å²) in [5.74, 6) is -1.63. The Kier molecular flexibility index (Phi) is 5.98. The van der Waals surface area contributed by atoms with E-state index in [1.807, 2.05) is 0 Å². The molecule has 7 nitrogen and oxygen atoms in total. The zero-order chi connectivity index (χ0) is 16.0. The molecule has 0 bridgehead atoms.